The van der Waals surface area contributed by atoms with Crippen LogP contribution in [0.4, 0.5) is 13.2 Å². The summed E-state index contributed by atoms with van der Waals surface area (Å²) < 4.78 is 39.1. The molecule has 24 heavy (non-hydrogen) atoms. The molecule has 2 aromatic rings. The molecule has 128 valence electrons. The van der Waals surface area contributed by atoms with Gasteiger partial charge in [-0.05, 0) is 32.0 Å². The van der Waals surface area contributed by atoms with Gasteiger partial charge in [0.2, 0.25) is 0 Å². The topological polar surface area (TPSA) is 97.1 Å². The van der Waals surface area contributed by atoms with E-state index in [0.29, 0.717) is 0 Å². The van der Waals surface area contributed by atoms with Gasteiger partial charge in [-0.2, -0.15) is 13.2 Å². The van der Waals surface area contributed by atoms with Gasteiger partial charge in [0, 0.05) is 0 Å². The Bertz CT molecular complexity index is 784. The van der Waals surface area contributed by atoms with Gasteiger partial charge >= 0.3 is 12.1 Å². The molecule has 0 aliphatic carbocycles. The molecular weight excluding hydrogens is 329 g/mol. The molecule has 2 N–H and O–H groups in total. The summed E-state index contributed by atoms with van der Waals surface area (Å²) in [5.41, 5.74) is -2.55. The second-order valence-corrected chi connectivity index (χ2v) is 5.48. The fourth-order valence-electron chi connectivity index (χ4n) is 1.72. The number of carboxylic acids is 1. The van der Waals surface area contributed by atoms with Gasteiger partial charge in [0.1, 0.15) is 5.54 Å². The molecule has 1 heterocycles. The Balaban J connectivity index is 2.25. The first kappa shape index (κ1) is 17.4. The quantitative estimate of drug-likeness (QED) is 0.884. The minimum Gasteiger partial charge on any atom is -0.480 e. The molecule has 0 unspecified atom stereocenters. The molecule has 0 atom stereocenters. The van der Waals surface area contributed by atoms with E-state index in [4.69, 9.17) is 5.11 Å². The highest BCUT2D eigenvalue weighted by molar-refractivity contribution is 5.95. The van der Waals surface area contributed by atoms with Gasteiger partial charge in [-0.1, -0.05) is 11.3 Å². The number of nitrogens with zero attached hydrogens (tertiary/aromatic N) is 3. The number of hydrogen-bond donors (Lipinski definition) is 2. The second-order valence-electron chi connectivity index (χ2n) is 5.48. The summed E-state index contributed by atoms with van der Waals surface area (Å²) in [7, 11) is 0. The first-order chi connectivity index (χ1) is 11.0. The van der Waals surface area contributed by atoms with E-state index in [1.807, 2.05) is 0 Å². The lowest BCUT2D eigenvalue weighted by molar-refractivity contribution is -0.143. The smallest absolute Gasteiger partial charge is 0.416 e. The number of carbonyl (C=O) groups excluding carboxylic acids is 1. The molecule has 0 aliphatic rings. The maximum absolute atomic E-state index is 12.7. The molecule has 10 heteroatoms. The average Bonchev–Trinajstić information content (AvgIpc) is 2.96. The molecule has 1 aromatic heterocycles. The van der Waals surface area contributed by atoms with E-state index in [-0.39, 0.29) is 11.4 Å². The molecule has 1 aromatic carbocycles. The Morgan fingerprint density at radius 3 is 2.50 bits per heavy atom. The summed E-state index contributed by atoms with van der Waals surface area (Å²) in [6.07, 6.45) is -3.40. The van der Waals surface area contributed by atoms with Gasteiger partial charge in [0.05, 0.1) is 17.4 Å². The van der Waals surface area contributed by atoms with Crippen LogP contribution in [0.5, 0.6) is 0 Å². The first-order valence-electron chi connectivity index (χ1n) is 6.66. The van der Waals surface area contributed by atoms with Crippen LogP contribution in [0.2, 0.25) is 0 Å². The Labute approximate surface area is 134 Å². The van der Waals surface area contributed by atoms with Crippen molar-refractivity contribution in [2.45, 2.75) is 25.6 Å². The third kappa shape index (κ3) is 3.70. The van der Waals surface area contributed by atoms with E-state index in [9.17, 15) is 22.8 Å². The van der Waals surface area contributed by atoms with Crippen LogP contribution < -0.4 is 5.32 Å². The minimum atomic E-state index is -4.51. The maximum atomic E-state index is 12.7. The lowest BCUT2D eigenvalue weighted by Gasteiger charge is -2.19. The summed E-state index contributed by atoms with van der Waals surface area (Å²) >= 11 is 0. The Morgan fingerprint density at radius 1 is 1.25 bits per heavy atom. The standard InChI is InChI=1S/C14H13F3N4O3/c1-13(2,12(23)24)18-11(22)10-7-21(20-19-10)9-5-3-4-8(6-9)14(15,16)17/h3-7H,1-2H3,(H,18,22)(H,23,24). The molecular formula is C14H13F3N4O3. The van der Waals surface area contributed by atoms with Crippen molar-refractivity contribution in [2.75, 3.05) is 0 Å². The highest BCUT2D eigenvalue weighted by Crippen LogP contribution is 2.30. The molecule has 0 spiro atoms. The highest BCUT2D eigenvalue weighted by atomic mass is 19.4. The van der Waals surface area contributed by atoms with Crippen molar-refractivity contribution in [3.05, 3.63) is 41.7 Å². The van der Waals surface area contributed by atoms with Crippen LogP contribution in [0, 0.1) is 0 Å². The van der Waals surface area contributed by atoms with Gasteiger partial charge in [0.25, 0.3) is 5.91 Å². The van der Waals surface area contributed by atoms with Crippen molar-refractivity contribution in [2.24, 2.45) is 0 Å². The third-order valence-corrected chi connectivity index (χ3v) is 3.12. The molecule has 0 bridgehead atoms. The van der Waals surface area contributed by atoms with E-state index in [1.165, 1.54) is 26.0 Å². The largest absolute Gasteiger partial charge is 0.480 e. The number of carboxylic acid groups (broad SMARTS) is 1. The zero-order chi connectivity index (χ0) is 18.1. The lowest BCUT2D eigenvalue weighted by atomic mass is 10.1. The third-order valence-electron chi connectivity index (χ3n) is 3.12. The van der Waals surface area contributed by atoms with Gasteiger partial charge in [0.15, 0.2) is 5.69 Å². The van der Waals surface area contributed by atoms with Crippen molar-refractivity contribution in [3.63, 3.8) is 0 Å². The fourth-order valence-corrected chi connectivity index (χ4v) is 1.72. The van der Waals surface area contributed by atoms with Crippen molar-refractivity contribution in [3.8, 4) is 5.69 Å². The number of carbonyl (C=O) groups is 2. The van der Waals surface area contributed by atoms with Crippen molar-refractivity contribution in [1.82, 2.24) is 20.3 Å². The number of hydrogen-bond acceptors (Lipinski definition) is 4. The van der Waals surface area contributed by atoms with Crippen LogP contribution in [0.3, 0.4) is 0 Å². The summed E-state index contributed by atoms with van der Waals surface area (Å²) in [6, 6.07) is 4.33. The Morgan fingerprint density at radius 2 is 1.92 bits per heavy atom. The number of benzene rings is 1. The second kappa shape index (κ2) is 5.95. The summed E-state index contributed by atoms with van der Waals surface area (Å²) in [5, 5.41) is 18.4. The number of aliphatic carboxylic acids is 1. The molecule has 2 rings (SSSR count). The maximum Gasteiger partial charge on any atom is 0.416 e. The zero-order valence-electron chi connectivity index (χ0n) is 12.6. The molecule has 1 amide bonds. The van der Waals surface area contributed by atoms with Gasteiger partial charge in [-0.25, -0.2) is 9.48 Å². The summed E-state index contributed by atoms with van der Waals surface area (Å²) in [5.74, 6) is -2.05. The number of halogens is 3. The lowest BCUT2D eigenvalue weighted by Crippen LogP contribution is -2.49. The number of aromatic nitrogens is 3. The predicted octanol–water partition coefficient (Wildman–Crippen LogP) is 1.88. The van der Waals surface area contributed by atoms with Gasteiger partial charge < -0.3 is 10.4 Å². The van der Waals surface area contributed by atoms with Crippen LogP contribution in [0.1, 0.15) is 29.9 Å². The summed E-state index contributed by atoms with van der Waals surface area (Å²) in [6.45, 7) is 2.56. The van der Waals surface area contributed by atoms with Crippen molar-refractivity contribution < 1.29 is 27.9 Å². The number of nitrogens with one attached hydrogen (secondary N) is 1. The van der Waals surface area contributed by atoms with Crippen LogP contribution in [0.25, 0.3) is 5.69 Å². The predicted molar refractivity (Wildman–Crippen MR) is 75.5 cm³/mol. The SMILES string of the molecule is CC(C)(NC(=O)c1cn(-c2cccc(C(F)(F)F)c2)nn1)C(=O)O. The van der Waals surface area contributed by atoms with Crippen LogP contribution in [-0.2, 0) is 11.0 Å². The van der Waals surface area contributed by atoms with Crippen LogP contribution >= 0.6 is 0 Å². The van der Waals surface area contributed by atoms with Gasteiger partial charge in [-0.3, -0.25) is 4.79 Å². The Hall–Kier alpha value is -2.91. The van der Waals surface area contributed by atoms with Crippen molar-refractivity contribution in [1.29, 1.82) is 0 Å². The molecule has 0 saturated heterocycles. The molecule has 0 fully saturated rings. The minimum absolute atomic E-state index is 0.0638. The zero-order valence-corrected chi connectivity index (χ0v) is 12.6. The van der Waals surface area contributed by atoms with E-state index < -0.39 is 29.2 Å². The molecule has 0 radical (unpaired) electrons. The number of rotatable bonds is 4. The van der Waals surface area contributed by atoms with Crippen molar-refractivity contribution >= 4 is 11.9 Å². The fraction of sp³-hybridized carbons (Fsp3) is 0.286. The van der Waals surface area contributed by atoms with Gasteiger partial charge in [-0.15, -0.1) is 5.10 Å². The van der Waals surface area contributed by atoms with Crippen LogP contribution in [0.15, 0.2) is 30.5 Å². The van der Waals surface area contributed by atoms with E-state index >= 15 is 0 Å². The van der Waals surface area contributed by atoms with Crippen LogP contribution in [-0.4, -0.2) is 37.5 Å². The molecule has 7 nitrogen and oxygen atoms in total. The van der Waals surface area contributed by atoms with E-state index in [0.717, 1.165) is 23.0 Å². The normalized spacial score (nSPS) is 12.0. The first-order valence-corrected chi connectivity index (χ1v) is 6.66. The Kier molecular flexibility index (Phi) is 4.32. The monoisotopic (exact) mass is 342 g/mol. The number of amides is 1. The van der Waals surface area contributed by atoms with E-state index in [2.05, 4.69) is 15.6 Å². The molecule has 0 aliphatic heterocycles. The number of alkyl halides is 3. The van der Waals surface area contributed by atoms with E-state index in [1.54, 1.807) is 0 Å². The summed E-state index contributed by atoms with van der Waals surface area (Å²) in [4.78, 5) is 22.9. The highest BCUT2D eigenvalue weighted by Gasteiger charge is 2.31. The average molecular weight is 342 g/mol. The molecule has 0 saturated carbocycles.